The zero-order chi connectivity index (χ0) is 45.4. The van der Waals surface area contributed by atoms with Crippen molar-refractivity contribution >= 4 is 142 Å². The molecule has 10 aromatic carbocycles. The van der Waals surface area contributed by atoms with E-state index in [4.69, 9.17) is 0 Å². The Bertz CT molecular complexity index is 3780. The summed E-state index contributed by atoms with van der Waals surface area (Å²) in [5, 5.41) is 7.55. The molecule has 0 bridgehead atoms. The predicted octanol–water partition coefficient (Wildman–Crippen LogP) is 19.3. The number of benzene rings is 10. The summed E-state index contributed by atoms with van der Waals surface area (Å²) in [5.41, 5.74) is 18.9. The number of aryl methyl sites for hydroxylation is 4. The molecule has 14 rings (SSSR count). The van der Waals surface area contributed by atoms with Gasteiger partial charge in [0.15, 0.2) is 0 Å². The average Bonchev–Trinajstić information content (AvgIpc) is 3.89. The summed E-state index contributed by atoms with van der Waals surface area (Å²) < 4.78 is 5.18. The van der Waals surface area contributed by atoms with Crippen molar-refractivity contribution in [3.63, 3.8) is 0 Å². The highest BCUT2D eigenvalue weighted by Gasteiger charge is 2.34. The summed E-state index contributed by atoms with van der Waals surface area (Å²) in [6.07, 6.45) is 0. The van der Waals surface area contributed by atoms with Crippen LogP contribution in [-0.4, -0.2) is 0 Å². The molecule has 0 saturated carbocycles. The van der Waals surface area contributed by atoms with Gasteiger partial charge in [0.2, 0.25) is 0 Å². The Morgan fingerprint density at radius 2 is 0.588 bits per heavy atom. The molecule has 0 radical (unpaired) electrons. The Morgan fingerprint density at radius 3 is 0.985 bits per heavy atom. The number of para-hydroxylation sites is 4. The molecule has 0 aliphatic carbocycles. The van der Waals surface area contributed by atoms with E-state index < -0.39 is 0 Å². The lowest BCUT2D eigenvalue weighted by molar-refractivity contribution is 1.17. The van der Waals surface area contributed by atoms with Gasteiger partial charge in [0.25, 0.3) is 0 Å². The second-order valence-corrected chi connectivity index (χ2v) is 20.8. The summed E-state index contributed by atoms with van der Waals surface area (Å²) in [4.78, 5) is 9.91. The smallest absolute Gasteiger partial charge is 0.0717 e. The van der Waals surface area contributed by atoms with Gasteiger partial charge in [-0.1, -0.05) is 84.9 Å². The zero-order valence-electron chi connectivity index (χ0n) is 38.1. The van der Waals surface area contributed by atoms with Crippen LogP contribution in [0.15, 0.2) is 194 Å². The fraction of sp³-hybridized carbons (Fsp3) is 0.0645. The molecule has 2 aliphatic heterocycles. The second-order valence-electron chi connectivity index (χ2n) is 18.6. The molecular formula is C62H44N4S2. The third kappa shape index (κ3) is 5.97. The van der Waals surface area contributed by atoms with Gasteiger partial charge in [0, 0.05) is 63.1 Å². The zero-order valence-corrected chi connectivity index (χ0v) is 39.7. The molecule has 2 aromatic heterocycles. The van der Waals surface area contributed by atoms with Crippen molar-refractivity contribution in [3.8, 4) is 0 Å². The second kappa shape index (κ2) is 14.8. The van der Waals surface area contributed by atoms with E-state index in [0.29, 0.717) is 0 Å². The number of rotatable bonds is 4. The van der Waals surface area contributed by atoms with Gasteiger partial charge in [-0.2, -0.15) is 0 Å². The minimum absolute atomic E-state index is 1.13. The normalized spacial score (nSPS) is 13.2. The van der Waals surface area contributed by atoms with E-state index in [1.54, 1.807) is 0 Å². The van der Waals surface area contributed by atoms with Crippen LogP contribution in [0.5, 0.6) is 0 Å². The summed E-state index contributed by atoms with van der Waals surface area (Å²) in [7, 11) is 0. The highest BCUT2D eigenvalue weighted by Crippen LogP contribution is 2.59. The van der Waals surface area contributed by atoms with Crippen LogP contribution in [0.3, 0.4) is 0 Å². The lowest BCUT2D eigenvalue weighted by Crippen LogP contribution is -2.24. The fourth-order valence-corrected chi connectivity index (χ4v) is 13.4. The van der Waals surface area contributed by atoms with Crippen molar-refractivity contribution < 1.29 is 0 Å². The number of anilines is 12. The predicted molar refractivity (Wildman–Crippen MR) is 295 cm³/mol. The van der Waals surface area contributed by atoms with Crippen LogP contribution in [-0.2, 0) is 0 Å². The maximum Gasteiger partial charge on any atom is 0.0717 e. The molecule has 6 heteroatoms. The summed E-state index contributed by atoms with van der Waals surface area (Å²) in [5.74, 6) is 0. The molecule has 0 spiro atoms. The van der Waals surface area contributed by atoms with Crippen molar-refractivity contribution in [2.24, 2.45) is 0 Å². The van der Waals surface area contributed by atoms with Crippen LogP contribution in [0.4, 0.5) is 68.2 Å². The van der Waals surface area contributed by atoms with Crippen molar-refractivity contribution in [1.82, 2.24) is 0 Å². The van der Waals surface area contributed by atoms with Gasteiger partial charge in [0.1, 0.15) is 0 Å². The Kier molecular flexibility index (Phi) is 8.55. The van der Waals surface area contributed by atoms with E-state index in [9.17, 15) is 0 Å². The third-order valence-corrected chi connectivity index (χ3v) is 16.2. The Balaban J connectivity index is 0.942. The first kappa shape index (κ1) is 39.3. The maximum atomic E-state index is 2.48. The van der Waals surface area contributed by atoms with Crippen molar-refractivity contribution in [2.45, 2.75) is 27.7 Å². The van der Waals surface area contributed by atoms with E-state index in [2.05, 4.69) is 241 Å². The van der Waals surface area contributed by atoms with E-state index >= 15 is 0 Å². The highest BCUT2D eigenvalue weighted by molar-refractivity contribution is 7.26. The van der Waals surface area contributed by atoms with E-state index in [1.165, 1.54) is 107 Å². The first-order valence-corrected chi connectivity index (χ1v) is 24.9. The molecule has 324 valence electrons. The first-order valence-electron chi connectivity index (χ1n) is 23.3. The summed E-state index contributed by atoms with van der Waals surface area (Å²) in [6.45, 7) is 8.79. The molecule has 0 fully saturated rings. The lowest BCUT2D eigenvalue weighted by atomic mass is 10.00. The fourth-order valence-electron chi connectivity index (χ4n) is 11.2. The molecule has 0 unspecified atom stereocenters. The molecular weight excluding hydrogens is 865 g/mol. The van der Waals surface area contributed by atoms with Gasteiger partial charge in [-0.3, -0.25) is 0 Å². The number of hydrogen-bond donors (Lipinski definition) is 0. The molecule has 0 atom stereocenters. The van der Waals surface area contributed by atoms with Gasteiger partial charge >= 0.3 is 0 Å². The molecule has 2 aliphatic rings. The van der Waals surface area contributed by atoms with Crippen LogP contribution < -0.4 is 19.6 Å². The highest BCUT2D eigenvalue weighted by atomic mass is 32.1. The van der Waals surface area contributed by atoms with E-state index in [0.717, 1.165) is 34.1 Å². The molecule has 4 nitrogen and oxygen atoms in total. The van der Waals surface area contributed by atoms with Gasteiger partial charge in [-0.15, -0.1) is 22.7 Å². The first-order chi connectivity index (χ1) is 33.3. The third-order valence-electron chi connectivity index (χ3n) is 13.9. The SMILES string of the molecule is Cc1cc(C)cc(N2c3ccccc3N(c3ccc4cc(N5c6ccccc6N(c6cc(C)cc(C)c6)c6cc7c(cc65)sc5ccccc57)ccc4c3)c3cc4sc5ccccc5c4cc32)c1. The Hall–Kier alpha value is -7.90. The van der Waals surface area contributed by atoms with Gasteiger partial charge in [-0.05, 0) is 170 Å². The van der Waals surface area contributed by atoms with Crippen LogP contribution in [0.25, 0.3) is 51.1 Å². The average molecular weight is 909 g/mol. The molecule has 68 heavy (non-hydrogen) atoms. The van der Waals surface area contributed by atoms with E-state index in [1.807, 2.05) is 22.7 Å². The maximum absolute atomic E-state index is 2.48. The van der Waals surface area contributed by atoms with Crippen LogP contribution in [0.2, 0.25) is 0 Å². The molecule has 4 heterocycles. The topological polar surface area (TPSA) is 13.0 Å². The molecule has 0 N–H and O–H groups in total. The number of nitrogens with zero attached hydrogens (tertiary/aromatic N) is 4. The molecule has 12 aromatic rings. The Labute approximate surface area is 403 Å². The van der Waals surface area contributed by atoms with Gasteiger partial charge in [-0.25, -0.2) is 0 Å². The van der Waals surface area contributed by atoms with Crippen molar-refractivity contribution in [3.05, 3.63) is 216 Å². The number of thiophene rings is 2. The van der Waals surface area contributed by atoms with Crippen molar-refractivity contribution in [2.75, 3.05) is 19.6 Å². The lowest BCUT2D eigenvalue weighted by Gasteiger charge is -2.41. The molecule has 0 saturated heterocycles. The van der Waals surface area contributed by atoms with Gasteiger partial charge < -0.3 is 19.6 Å². The van der Waals surface area contributed by atoms with E-state index in [-0.39, 0.29) is 0 Å². The number of hydrogen-bond acceptors (Lipinski definition) is 6. The van der Waals surface area contributed by atoms with Crippen LogP contribution in [0, 0.1) is 27.7 Å². The number of fused-ring (bicyclic) bond motifs is 11. The summed E-state index contributed by atoms with van der Waals surface area (Å²) in [6, 6.07) is 72.9. The minimum atomic E-state index is 1.13. The quantitative estimate of drug-likeness (QED) is 0.174. The summed E-state index contributed by atoms with van der Waals surface area (Å²) >= 11 is 3.74. The monoisotopic (exact) mass is 908 g/mol. The minimum Gasteiger partial charge on any atom is -0.306 e. The van der Waals surface area contributed by atoms with Crippen LogP contribution in [0.1, 0.15) is 22.3 Å². The Morgan fingerprint density at radius 1 is 0.250 bits per heavy atom. The standard InChI is InChI=1S/C62H44N4S2/c1-37-25-38(2)28-45(27-37)65-53-17-9-7-15-51(53)63(57-35-61-49(33-55(57)65)47-13-5-11-19-59(47)67-61)43-23-21-42-32-44(24-22-41(42)31-43)64-52-16-8-10-18-54(52)66(46-29-39(3)26-40(4)30-46)56-34-50-48-14-6-12-20-60(48)68-62(50)36-58(56)64/h5-36H,1-4H3. The molecule has 0 amide bonds. The van der Waals surface area contributed by atoms with Gasteiger partial charge in [0.05, 0.1) is 45.5 Å². The van der Waals surface area contributed by atoms with Crippen LogP contribution >= 0.6 is 22.7 Å². The van der Waals surface area contributed by atoms with Crippen molar-refractivity contribution in [1.29, 1.82) is 0 Å². The largest absolute Gasteiger partial charge is 0.306 e.